The summed E-state index contributed by atoms with van der Waals surface area (Å²) in [6.45, 7) is 4.28. The molecule has 1 aliphatic heterocycles. The number of carbonyl (C=O) groups is 2. The maximum atomic E-state index is 13.3. The molecule has 0 aromatic heterocycles. The molecule has 0 radical (unpaired) electrons. The lowest BCUT2D eigenvalue weighted by Gasteiger charge is -2.42. The summed E-state index contributed by atoms with van der Waals surface area (Å²) in [5.74, 6) is -0.960. The lowest BCUT2D eigenvalue weighted by molar-refractivity contribution is -0.138. The summed E-state index contributed by atoms with van der Waals surface area (Å²) < 4.78 is 39.8. The highest BCUT2D eigenvalue weighted by Crippen LogP contribution is 2.35. The predicted molar refractivity (Wildman–Crippen MR) is 97.1 cm³/mol. The number of nitriles is 1. The minimum Gasteiger partial charge on any atom is -0.368 e. The van der Waals surface area contributed by atoms with Gasteiger partial charge in [-0.3, -0.25) is 9.59 Å². The number of rotatable bonds is 5. The first-order valence-electron chi connectivity index (χ1n) is 9.10. The average Bonchev–Trinajstić information content (AvgIpc) is 2.67. The molecule has 28 heavy (non-hydrogen) atoms. The van der Waals surface area contributed by atoms with E-state index in [9.17, 15) is 22.8 Å². The number of hydrogen-bond acceptors (Lipinski definition) is 4. The smallest absolute Gasteiger partial charge is 0.368 e. The molecule has 1 aliphatic rings. The molecule has 1 aromatic rings. The van der Waals surface area contributed by atoms with Crippen LogP contribution in [0.25, 0.3) is 0 Å². The summed E-state index contributed by atoms with van der Waals surface area (Å²) in [7, 11) is 0. The third-order valence-electron chi connectivity index (χ3n) is 5.12. The molecule has 0 bridgehead atoms. The second kappa shape index (κ2) is 8.50. The minimum absolute atomic E-state index is 0.0199. The summed E-state index contributed by atoms with van der Waals surface area (Å²) in [6, 6.07) is 3.89. The van der Waals surface area contributed by atoms with Crippen LogP contribution in [0.4, 0.5) is 18.9 Å². The maximum absolute atomic E-state index is 13.3. The topological polar surface area (TPSA) is 90.4 Å². The molecule has 0 saturated carbocycles. The standard InChI is InChI=1S/C19H23F3N4O2/c1-3-12(4-2)18(28)25-7-8-26(16(11-25)17(24)27)14-6-5-13(10-23)15(9-14)19(20,21)22/h5-6,9,12,16H,3-4,7-8,11H2,1-2H3,(H2,24,27). The molecule has 0 aliphatic carbocycles. The van der Waals surface area contributed by atoms with Crippen LogP contribution in [0.15, 0.2) is 18.2 Å². The Kier molecular flexibility index (Phi) is 6.54. The Labute approximate surface area is 161 Å². The molecule has 1 aromatic carbocycles. The van der Waals surface area contributed by atoms with Gasteiger partial charge in [-0.2, -0.15) is 18.4 Å². The molecular weight excluding hydrogens is 373 g/mol. The van der Waals surface area contributed by atoms with Gasteiger partial charge < -0.3 is 15.5 Å². The normalized spacial score (nSPS) is 17.5. The van der Waals surface area contributed by atoms with Crippen LogP contribution in [0, 0.1) is 17.2 Å². The fraction of sp³-hybridized carbons (Fsp3) is 0.526. The lowest BCUT2D eigenvalue weighted by atomic mass is 9.99. The molecular formula is C19H23F3N4O2. The van der Waals surface area contributed by atoms with Gasteiger partial charge in [0.1, 0.15) is 6.04 Å². The summed E-state index contributed by atoms with van der Waals surface area (Å²) in [4.78, 5) is 27.6. The lowest BCUT2D eigenvalue weighted by Crippen LogP contribution is -2.60. The third-order valence-corrected chi connectivity index (χ3v) is 5.12. The third kappa shape index (κ3) is 4.38. The number of carbonyl (C=O) groups excluding carboxylic acids is 2. The van der Waals surface area contributed by atoms with Crippen molar-refractivity contribution < 1.29 is 22.8 Å². The summed E-state index contributed by atoms with van der Waals surface area (Å²) in [5.41, 5.74) is 4.07. The molecule has 2 amide bonds. The van der Waals surface area contributed by atoms with Crippen LogP contribution in [0.2, 0.25) is 0 Å². The van der Waals surface area contributed by atoms with E-state index in [0.717, 1.165) is 12.1 Å². The van der Waals surface area contributed by atoms with E-state index >= 15 is 0 Å². The monoisotopic (exact) mass is 396 g/mol. The first kappa shape index (κ1) is 21.5. The van der Waals surface area contributed by atoms with E-state index in [1.807, 2.05) is 13.8 Å². The fourth-order valence-electron chi connectivity index (χ4n) is 3.47. The predicted octanol–water partition coefficient (Wildman–Crippen LogP) is 2.52. The number of piperazine rings is 1. The van der Waals surface area contributed by atoms with Crippen molar-refractivity contribution in [1.82, 2.24) is 4.90 Å². The number of halogens is 3. The highest BCUT2D eigenvalue weighted by molar-refractivity contribution is 5.86. The van der Waals surface area contributed by atoms with Crippen LogP contribution in [-0.2, 0) is 15.8 Å². The van der Waals surface area contributed by atoms with Gasteiger partial charge >= 0.3 is 6.18 Å². The Morgan fingerprint density at radius 3 is 2.43 bits per heavy atom. The number of primary amides is 1. The molecule has 2 N–H and O–H groups in total. The Morgan fingerprint density at radius 1 is 1.29 bits per heavy atom. The SMILES string of the molecule is CCC(CC)C(=O)N1CCN(c2ccc(C#N)c(C(F)(F)F)c2)C(C(N)=O)C1. The van der Waals surface area contributed by atoms with E-state index < -0.39 is 29.3 Å². The van der Waals surface area contributed by atoms with Gasteiger partial charge in [-0.05, 0) is 31.0 Å². The Bertz CT molecular complexity index is 784. The molecule has 1 saturated heterocycles. The van der Waals surface area contributed by atoms with Gasteiger partial charge in [0.2, 0.25) is 11.8 Å². The largest absolute Gasteiger partial charge is 0.417 e. The van der Waals surface area contributed by atoms with E-state index in [0.29, 0.717) is 12.8 Å². The molecule has 152 valence electrons. The van der Waals surface area contributed by atoms with E-state index in [4.69, 9.17) is 11.0 Å². The van der Waals surface area contributed by atoms with Gasteiger partial charge in [0, 0.05) is 24.7 Å². The highest BCUT2D eigenvalue weighted by atomic mass is 19.4. The van der Waals surface area contributed by atoms with Gasteiger partial charge in [0.05, 0.1) is 23.7 Å². The van der Waals surface area contributed by atoms with Crippen molar-refractivity contribution in [2.24, 2.45) is 11.7 Å². The van der Waals surface area contributed by atoms with Crippen LogP contribution in [0.5, 0.6) is 0 Å². The van der Waals surface area contributed by atoms with Gasteiger partial charge in [0.25, 0.3) is 0 Å². The Balaban J connectivity index is 2.34. The van der Waals surface area contributed by atoms with Crippen molar-refractivity contribution in [2.45, 2.75) is 38.9 Å². The van der Waals surface area contributed by atoms with Crippen LogP contribution in [-0.4, -0.2) is 42.4 Å². The first-order valence-corrected chi connectivity index (χ1v) is 9.10. The van der Waals surface area contributed by atoms with Gasteiger partial charge in [-0.1, -0.05) is 13.8 Å². The molecule has 6 nitrogen and oxygen atoms in total. The molecule has 1 atom stereocenters. The summed E-state index contributed by atoms with van der Waals surface area (Å²) in [6.07, 6.45) is -3.36. The molecule has 1 fully saturated rings. The second-order valence-electron chi connectivity index (χ2n) is 6.75. The van der Waals surface area contributed by atoms with E-state index in [1.165, 1.54) is 17.0 Å². The molecule has 9 heteroatoms. The fourth-order valence-corrected chi connectivity index (χ4v) is 3.47. The van der Waals surface area contributed by atoms with Crippen LogP contribution >= 0.6 is 0 Å². The highest BCUT2D eigenvalue weighted by Gasteiger charge is 2.37. The zero-order valence-electron chi connectivity index (χ0n) is 15.8. The number of anilines is 1. The molecule has 0 spiro atoms. The number of amides is 2. The zero-order valence-corrected chi connectivity index (χ0v) is 15.8. The first-order chi connectivity index (χ1) is 13.1. The van der Waals surface area contributed by atoms with E-state index in [1.54, 1.807) is 4.90 Å². The summed E-state index contributed by atoms with van der Waals surface area (Å²) in [5, 5.41) is 8.94. The minimum atomic E-state index is -4.70. The van der Waals surface area contributed by atoms with Crippen molar-refractivity contribution in [3.8, 4) is 6.07 Å². The number of hydrogen-bond donors (Lipinski definition) is 1. The van der Waals surface area contributed by atoms with Crippen molar-refractivity contribution in [2.75, 3.05) is 24.5 Å². The van der Waals surface area contributed by atoms with Crippen LogP contribution in [0.1, 0.15) is 37.8 Å². The Hall–Kier alpha value is -2.76. The van der Waals surface area contributed by atoms with Crippen molar-refractivity contribution in [1.29, 1.82) is 5.26 Å². The molecule has 1 heterocycles. The zero-order chi connectivity index (χ0) is 21.1. The van der Waals surface area contributed by atoms with Crippen molar-refractivity contribution in [3.05, 3.63) is 29.3 Å². The average molecular weight is 396 g/mol. The number of nitrogens with two attached hydrogens (primary N) is 1. The van der Waals surface area contributed by atoms with Crippen molar-refractivity contribution >= 4 is 17.5 Å². The maximum Gasteiger partial charge on any atom is 0.417 e. The quantitative estimate of drug-likeness (QED) is 0.828. The molecule has 1 unspecified atom stereocenters. The number of benzene rings is 1. The number of alkyl halides is 3. The van der Waals surface area contributed by atoms with Gasteiger partial charge in [0.15, 0.2) is 0 Å². The van der Waals surface area contributed by atoms with E-state index in [-0.39, 0.29) is 37.1 Å². The van der Waals surface area contributed by atoms with Gasteiger partial charge in [-0.15, -0.1) is 0 Å². The van der Waals surface area contributed by atoms with Crippen molar-refractivity contribution in [3.63, 3.8) is 0 Å². The van der Waals surface area contributed by atoms with E-state index in [2.05, 4.69) is 0 Å². The van der Waals surface area contributed by atoms with Gasteiger partial charge in [-0.25, -0.2) is 0 Å². The molecule has 2 rings (SSSR count). The second-order valence-corrected chi connectivity index (χ2v) is 6.75. The van der Waals surface area contributed by atoms with Crippen LogP contribution in [0.3, 0.4) is 0 Å². The van der Waals surface area contributed by atoms with Crippen LogP contribution < -0.4 is 10.6 Å². The Morgan fingerprint density at radius 2 is 1.93 bits per heavy atom. The number of nitrogens with zero attached hydrogens (tertiary/aromatic N) is 3. The summed E-state index contributed by atoms with van der Waals surface area (Å²) >= 11 is 0.